The number of benzene rings is 1. The molecule has 6 heteroatoms. The molecule has 0 saturated heterocycles. The third kappa shape index (κ3) is 4.55. The summed E-state index contributed by atoms with van der Waals surface area (Å²) in [6, 6.07) is 7.17. The molecule has 0 amide bonds. The third-order valence-corrected chi connectivity index (χ3v) is 3.28. The number of pyridine rings is 1. The Balaban J connectivity index is 2.40. The van der Waals surface area contributed by atoms with Gasteiger partial charge in [0.25, 0.3) is 0 Å². The second-order valence-electron chi connectivity index (χ2n) is 5.09. The van der Waals surface area contributed by atoms with Crippen LogP contribution in [0.15, 0.2) is 47.7 Å². The topological polar surface area (TPSA) is 37.3 Å². The number of halogens is 3. The lowest BCUT2D eigenvalue weighted by Gasteiger charge is -2.13. The van der Waals surface area contributed by atoms with Crippen LogP contribution in [0.2, 0.25) is 0 Å². The molecular formula is C17H18F3N3. The van der Waals surface area contributed by atoms with Crippen molar-refractivity contribution in [1.82, 2.24) is 4.98 Å². The predicted octanol–water partition coefficient (Wildman–Crippen LogP) is 5.06. The van der Waals surface area contributed by atoms with E-state index >= 15 is 0 Å². The number of alkyl halides is 3. The van der Waals surface area contributed by atoms with E-state index in [4.69, 9.17) is 0 Å². The zero-order valence-corrected chi connectivity index (χ0v) is 13.0. The molecule has 3 nitrogen and oxygen atoms in total. The Morgan fingerprint density at radius 3 is 2.48 bits per heavy atom. The van der Waals surface area contributed by atoms with Gasteiger partial charge in [0.1, 0.15) is 0 Å². The van der Waals surface area contributed by atoms with E-state index in [2.05, 4.69) is 15.3 Å². The zero-order valence-electron chi connectivity index (χ0n) is 13.0. The van der Waals surface area contributed by atoms with Gasteiger partial charge < -0.3 is 5.32 Å². The fraction of sp³-hybridized carbons (Fsp3) is 0.294. The van der Waals surface area contributed by atoms with Crippen molar-refractivity contribution in [1.29, 1.82) is 0 Å². The smallest absolute Gasteiger partial charge is 0.383 e. The molecule has 1 N–H and O–H groups in total. The standard InChI is InChI=1S/C17H18F3N3/c1-3-8-22-16-11-14(17(18,19)20)4-5-15(16)23-12(2)13-6-9-21-10-7-13/h4-7,9-11,22H,3,8H2,1-2H3. The van der Waals surface area contributed by atoms with Crippen molar-refractivity contribution in [3.05, 3.63) is 53.9 Å². The van der Waals surface area contributed by atoms with E-state index in [1.807, 2.05) is 26.0 Å². The molecule has 2 aromatic rings. The Morgan fingerprint density at radius 2 is 1.87 bits per heavy atom. The third-order valence-electron chi connectivity index (χ3n) is 3.28. The van der Waals surface area contributed by atoms with Crippen LogP contribution in [0.25, 0.3) is 0 Å². The minimum absolute atomic E-state index is 0.384. The minimum atomic E-state index is -4.37. The summed E-state index contributed by atoms with van der Waals surface area (Å²) in [4.78, 5) is 8.40. The van der Waals surface area contributed by atoms with Gasteiger partial charge in [-0.05, 0) is 49.2 Å². The lowest BCUT2D eigenvalue weighted by molar-refractivity contribution is -0.137. The molecule has 0 atom stereocenters. The average Bonchev–Trinajstić information content (AvgIpc) is 2.53. The van der Waals surface area contributed by atoms with E-state index < -0.39 is 11.7 Å². The van der Waals surface area contributed by atoms with Gasteiger partial charge in [-0.1, -0.05) is 6.92 Å². The van der Waals surface area contributed by atoms with Crippen molar-refractivity contribution < 1.29 is 13.2 Å². The second kappa shape index (κ2) is 7.26. The van der Waals surface area contributed by atoms with Gasteiger partial charge in [-0.15, -0.1) is 0 Å². The fourth-order valence-corrected chi connectivity index (χ4v) is 2.05. The first kappa shape index (κ1) is 17.0. The maximum Gasteiger partial charge on any atom is 0.416 e. The normalized spacial score (nSPS) is 12.3. The van der Waals surface area contributed by atoms with Crippen molar-refractivity contribution in [2.45, 2.75) is 26.4 Å². The van der Waals surface area contributed by atoms with Gasteiger partial charge in [0, 0.05) is 24.7 Å². The van der Waals surface area contributed by atoms with Crippen LogP contribution >= 0.6 is 0 Å². The summed E-state index contributed by atoms with van der Waals surface area (Å²) in [7, 11) is 0. The predicted molar refractivity (Wildman–Crippen MR) is 86.3 cm³/mol. The Kier molecular flexibility index (Phi) is 5.36. The van der Waals surface area contributed by atoms with Crippen LogP contribution in [0.5, 0.6) is 0 Å². The molecule has 0 saturated carbocycles. The number of nitrogens with one attached hydrogen (secondary N) is 1. The molecule has 0 radical (unpaired) electrons. The number of rotatable bonds is 5. The van der Waals surface area contributed by atoms with Gasteiger partial charge in [-0.2, -0.15) is 13.2 Å². The van der Waals surface area contributed by atoms with Gasteiger partial charge in [0.15, 0.2) is 0 Å². The van der Waals surface area contributed by atoms with Crippen LogP contribution in [0.1, 0.15) is 31.4 Å². The Bertz CT molecular complexity index is 679. The molecule has 0 aliphatic heterocycles. The van der Waals surface area contributed by atoms with Crippen LogP contribution < -0.4 is 5.32 Å². The highest BCUT2D eigenvalue weighted by Crippen LogP contribution is 2.35. The maximum atomic E-state index is 12.9. The summed E-state index contributed by atoms with van der Waals surface area (Å²) in [5.74, 6) is 0. The summed E-state index contributed by atoms with van der Waals surface area (Å²) in [6.07, 6.45) is -0.261. The van der Waals surface area contributed by atoms with Gasteiger partial charge in [0.05, 0.1) is 16.9 Å². The molecular weight excluding hydrogens is 303 g/mol. The molecule has 0 spiro atoms. The van der Waals surface area contributed by atoms with E-state index in [0.29, 0.717) is 23.6 Å². The molecule has 1 aromatic carbocycles. The summed E-state index contributed by atoms with van der Waals surface area (Å²) in [6.45, 7) is 4.35. The van der Waals surface area contributed by atoms with Crippen LogP contribution in [-0.4, -0.2) is 17.2 Å². The Morgan fingerprint density at radius 1 is 1.17 bits per heavy atom. The quantitative estimate of drug-likeness (QED) is 0.781. The van der Waals surface area contributed by atoms with E-state index in [1.165, 1.54) is 6.07 Å². The maximum absolute atomic E-state index is 12.9. The van der Waals surface area contributed by atoms with E-state index in [0.717, 1.165) is 24.1 Å². The largest absolute Gasteiger partial charge is 0.416 e. The fourth-order valence-electron chi connectivity index (χ4n) is 2.05. The van der Waals surface area contributed by atoms with Crippen molar-refractivity contribution >= 4 is 17.1 Å². The number of aromatic nitrogens is 1. The van der Waals surface area contributed by atoms with Crippen molar-refractivity contribution in [3.8, 4) is 0 Å². The molecule has 2 rings (SSSR count). The van der Waals surface area contributed by atoms with E-state index in [-0.39, 0.29) is 0 Å². The van der Waals surface area contributed by atoms with Gasteiger partial charge >= 0.3 is 6.18 Å². The summed E-state index contributed by atoms with van der Waals surface area (Å²) in [5, 5.41) is 3.01. The first-order chi connectivity index (χ1) is 10.9. The van der Waals surface area contributed by atoms with Gasteiger partial charge in [0.2, 0.25) is 0 Å². The van der Waals surface area contributed by atoms with Crippen LogP contribution in [-0.2, 0) is 6.18 Å². The highest BCUT2D eigenvalue weighted by atomic mass is 19.4. The van der Waals surface area contributed by atoms with Crippen LogP contribution in [0, 0.1) is 0 Å². The SMILES string of the molecule is CCCNc1cc(C(F)(F)F)ccc1N=C(C)c1ccncc1. The number of hydrogen-bond donors (Lipinski definition) is 1. The molecule has 0 bridgehead atoms. The highest BCUT2D eigenvalue weighted by Gasteiger charge is 2.31. The zero-order chi connectivity index (χ0) is 16.9. The monoisotopic (exact) mass is 321 g/mol. The highest BCUT2D eigenvalue weighted by molar-refractivity contribution is 6.00. The molecule has 23 heavy (non-hydrogen) atoms. The van der Waals surface area contributed by atoms with Crippen LogP contribution in [0.3, 0.4) is 0 Å². The molecule has 122 valence electrons. The summed E-state index contributed by atoms with van der Waals surface area (Å²) >= 11 is 0. The van der Waals surface area contributed by atoms with Crippen molar-refractivity contribution in [2.75, 3.05) is 11.9 Å². The van der Waals surface area contributed by atoms with E-state index in [1.54, 1.807) is 12.4 Å². The molecule has 0 aliphatic carbocycles. The number of aliphatic imine (C=N–C) groups is 1. The lowest BCUT2D eigenvalue weighted by atomic mass is 10.1. The van der Waals surface area contributed by atoms with Gasteiger partial charge in [-0.25, -0.2) is 0 Å². The van der Waals surface area contributed by atoms with Crippen molar-refractivity contribution in [2.24, 2.45) is 4.99 Å². The van der Waals surface area contributed by atoms with Crippen LogP contribution in [0.4, 0.5) is 24.5 Å². The van der Waals surface area contributed by atoms with Crippen molar-refractivity contribution in [3.63, 3.8) is 0 Å². The first-order valence-corrected chi connectivity index (χ1v) is 7.32. The molecule has 1 aromatic heterocycles. The summed E-state index contributed by atoms with van der Waals surface area (Å²) < 4.78 is 38.6. The number of nitrogens with zero attached hydrogens (tertiary/aromatic N) is 2. The Hall–Kier alpha value is -2.37. The molecule has 0 unspecified atom stereocenters. The minimum Gasteiger partial charge on any atom is -0.383 e. The lowest BCUT2D eigenvalue weighted by Crippen LogP contribution is -2.07. The number of anilines is 1. The Labute approximate surface area is 133 Å². The summed E-state index contributed by atoms with van der Waals surface area (Å²) in [5.41, 5.74) is 1.78. The molecule has 0 fully saturated rings. The average molecular weight is 321 g/mol. The second-order valence-corrected chi connectivity index (χ2v) is 5.09. The van der Waals surface area contributed by atoms with E-state index in [9.17, 15) is 13.2 Å². The number of hydrogen-bond acceptors (Lipinski definition) is 3. The van der Waals surface area contributed by atoms with Gasteiger partial charge in [-0.3, -0.25) is 9.98 Å². The first-order valence-electron chi connectivity index (χ1n) is 7.32. The molecule has 1 heterocycles. The molecule has 0 aliphatic rings.